The van der Waals surface area contributed by atoms with Crippen LogP contribution in [0.1, 0.15) is 31.7 Å². The molecule has 13 aromatic rings. The number of benzene rings is 13. The van der Waals surface area contributed by atoms with Crippen LogP contribution >= 0.6 is 0 Å². The number of unbranched alkanes of at least 4 members (excludes halogenated alkanes) is 2. The maximum absolute atomic E-state index is 2.70. The summed E-state index contributed by atoms with van der Waals surface area (Å²) in [4.78, 5) is 5.39. The molecule has 0 radical (unpaired) electrons. The molecule has 0 saturated carbocycles. The Kier molecular flexibility index (Phi) is 14.0. The molecule has 86 heavy (non-hydrogen) atoms. The van der Waals surface area contributed by atoms with Crippen molar-refractivity contribution in [2.24, 2.45) is 0 Å². The zero-order valence-electron chi connectivity index (χ0n) is 48.3. The highest BCUT2D eigenvalue weighted by Gasteiger charge is 2.46. The Morgan fingerprint density at radius 3 is 0.849 bits per heavy atom. The molecular formula is C83H63BN2. The fourth-order valence-corrected chi connectivity index (χ4v) is 13.6. The summed E-state index contributed by atoms with van der Waals surface area (Å²) >= 11 is 0. The van der Waals surface area contributed by atoms with E-state index in [1.165, 1.54) is 111 Å². The van der Waals surface area contributed by atoms with Gasteiger partial charge in [0.25, 0.3) is 6.71 Å². The second-order valence-corrected chi connectivity index (χ2v) is 22.9. The third kappa shape index (κ3) is 9.62. The van der Waals surface area contributed by atoms with E-state index < -0.39 is 0 Å². The summed E-state index contributed by atoms with van der Waals surface area (Å²) in [5, 5.41) is 0. The number of aryl methyl sites for hydroxylation is 1. The van der Waals surface area contributed by atoms with Crippen LogP contribution in [0.25, 0.3) is 89.0 Å². The third-order valence-corrected chi connectivity index (χ3v) is 17.6. The van der Waals surface area contributed by atoms with E-state index in [0.29, 0.717) is 0 Å². The standard InChI is InChI=1S/C83H63BN2/c1-2-3-12-29-58-50-79-81-80(51-58)86(83-73(65-42-25-10-26-43-65)54-70(62-36-19-7-20-37-62)55-74(83)66-44-27-11-28-45-66)78-49-47-68(60-32-15-5-16-33-60)57-76(78)84(81)75-56-67(59-30-13-4-14-31-59)46-48-77(75)85(79)82-71(63-38-21-8-22-39-63)52-69(61-34-17-6-18-35-61)53-72(82)64-40-23-9-24-41-64/h4-11,13-28,30-57H,2-3,12,29H2,1H3. The lowest BCUT2D eigenvalue weighted by molar-refractivity contribution is 0.717. The molecule has 0 N–H and O–H groups in total. The van der Waals surface area contributed by atoms with Gasteiger partial charge in [0, 0.05) is 45.0 Å². The first kappa shape index (κ1) is 52.3. The fraction of sp³-hybridized carbons (Fsp3) is 0.0602. The van der Waals surface area contributed by atoms with Gasteiger partial charge in [-0.3, -0.25) is 0 Å². The molecule has 0 aliphatic carbocycles. The molecule has 0 amide bonds. The molecular weight excluding hydrogens is 1040 g/mol. The van der Waals surface area contributed by atoms with Gasteiger partial charge in [0.2, 0.25) is 0 Å². The Morgan fingerprint density at radius 2 is 0.547 bits per heavy atom. The zero-order chi connectivity index (χ0) is 57.3. The number of hydrogen-bond acceptors (Lipinski definition) is 2. The van der Waals surface area contributed by atoms with Gasteiger partial charge in [-0.05, 0) is 150 Å². The van der Waals surface area contributed by atoms with Gasteiger partial charge in [-0.1, -0.05) is 287 Å². The number of nitrogens with zero attached hydrogens (tertiary/aromatic N) is 2. The second kappa shape index (κ2) is 22.9. The van der Waals surface area contributed by atoms with Gasteiger partial charge >= 0.3 is 0 Å². The SMILES string of the molecule is CCCCCc1cc2c3c(c1)N(c1c(-c4ccccc4)cc(-c4ccccc4)cc1-c1ccccc1)c1ccc(-c4ccccc4)cc1B3c1cc(-c3ccccc3)ccc1N2c1c(-c2ccccc2)cc(-c2ccccc2)cc1-c1ccccc1. The van der Waals surface area contributed by atoms with E-state index in [1.54, 1.807) is 0 Å². The van der Waals surface area contributed by atoms with E-state index in [0.717, 1.165) is 59.3 Å². The Labute approximate surface area is 506 Å². The third-order valence-electron chi connectivity index (χ3n) is 17.6. The molecule has 2 aliphatic heterocycles. The van der Waals surface area contributed by atoms with Crippen molar-refractivity contribution in [2.45, 2.75) is 32.6 Å². The molecule has 408 valence electrons. The number of rotatable bonds is 14. The quantitative estimate of drug-likeness (QED) is 0.0791. The highest BCUT2D eigenvalue weighted by atomic mass is 15.2. The monoisotopic (exact) mass is 1100 g/mol. The smallest absolute Gasteiger partial charge is 0.252 e. The van der Waals surface area contributed by atoms with Crippen LogP contribution < -0.4 is 26.2 Å². The van der Waals surface area contributed by atoms with Crippen LogP contribution in [0.2, 0.25) is 0 Å². The van der Waals surface area contributed by atoms with Crippen LogP contribution in [0.4, 0.5) is 34.1 Å². The fourth-order valence-electron chi connectivity index (χ4n) is 13.6. The summed E-state index contributed by atoms with van der Waals surface area (Å²) in [5.41, 5.74) is 31.0. The van der Waals surface area contributed by atoms with Crippen molar-refractivity contribution in [3.8, 4) is 89.0 Å². The number of hydrogen-bond donors (Lipinski definition) is 0. The average molecular weight is 1100 g/mol. The normalized spacial score (nSPS) is 12.1. The molecule has 0 aromatic heterocycles. The van der Waals surface area contributed by atoms with Crippen LogP contribution in [0.15, 0.2) is 315 Å². The Balaban J connectivity index is 1.12. The van der Waals surface area contributed by atoms with Gasteiger partial charge in [0.15, 0.2) is 0 Å². The van der Waals surface area contributed by atoms with Crippen LogP contribution in [-0.4, -0.2) is 6.71 Å². The highest BCUT2D eigenvalue weighted by molar-refractivity contribution is 7.00. The summed E-state index contributed by atoms with van der Waals surface area (Å²) < 4.78 is 0. The number of fused-ring (bicyclic) bond motifs is 4. The summed E-state index contributed by atoms with van der Waals surface area (Å²) in [6.07, 6.45) is 4.30. The molecule has 0 unspecified atom stereocenters. The van der Waals surface area contributed by atoms with Crippen molar-refractivity contribution in [2.75, 3.05) is 9.80 Å². The van der Waals surface area contributed by atoms with Crippen molar-refractivity contribution < 1.29 is 0 Å². The van der Waals surface area contributed by atoms with Gasteiger partial charge in [-0.15, -0.1) is 0 Å². The van der Waals surface area contributed by atoms with Crippen LogP contribution in [0, 0.1) is 0 Å². The van der Waals surface area contributed by atoms with Gasteiger partial charge in [-0.2, -0.15) is 0 Å². The number of anilines is 6. The predicted molar refractivity (Wildman–Crippen MR) is 367 cm³/mol. The lowest BCUT2D eigenvalue weighted by Crippen LogP contribution is -2.61. The maximum atomic E-state index is 2.70. The van der Waals surface area contributed by atoms with Crippen molar-refractivity contribution in [1.29, 1.82) is 0 Å². The van der Waals surface area contributed by atoms with Crippen LogP contribution in [0.3, 0.4) is 0 Å². The van der Waals surface area contributed by atoms with E-state index in [2.05, 4.69) is 332 Å². The van der Waals surface area contributed by atoms with Gasteiger partial charge < -0.3 is 9.80 Å². The molecule has 15 rings (SSSR count). The van der Waals surface area contributed by atoms with E-state index in [-0.39, 0.29) is 6.71 Å². The van der Waals surface area contributed by atoms with Gasteiger partial charge in [-0.25, -0.2) is 0 Å². The zero-order valence-corrected chi connectivity index (χ0v) is 48.3. The molecule has 0 spiro atoms. The predicted octanol–water partition coefficient (Wildman–Crippen LogP) is 20.8. The first-order valence-electron chi connectivity index (χ1n) is 30.5. The van der Waals surface area contributed by atoms with Gasteiger partial charge in [0.05, 0.1) is 11.4 Å². The molecule has 0 atom stereocenters. The van der Waals surface area contributed by atoms with Crippen molar-refractivity contribution in [3.63, 3.8) is 0 Å². The largest absolute Gasteiger partial charge is 0.310 e. The summed E-state index contributed by atoms with van der Waals surface area (Å²) in [6, 6.07) is 118. The van der Waals surface area contributed by atoms with E-state index in [1.807, 2.05) is 0 Å². The van der Waals surface area contributed by atoms with Crippen molar-refractivity contribution in [3.05, 3.63) is 321 Å². The molecule has 2 aliphatic rings. The average Bonchev–Trinajstić information content (AvgIpc) is 1.24. The minimum absolute atomic E-state index is 0.164. The molecule has 0 saturated heterocycles. The summed E-state index contributed by atoms with van der Waals surface area (Å²) in [7, 11) is 0. The molecule has 13 aromatic carbocycles. The van der Waals surface area contributed by atoms with Crippen LogP contribution in [0.5, 0.6) is 0 Å². The molecule has 0 bridgehead atoms. The van der Waals surface area contributed by atoms with Crippen molar-refractivity contribution >= 4 is 57.2 Å². The molecule has 2 nitrogen and oxygen atoms in total. The lowest BCUT2D eigenvalue weighted by atomic mass is 9.33. The van der Waals surface area contributed by atoms with E-state index >= 15 is 0 Å². The van der Waals surface area contributed by atoms with E-state index in [9.17, 15) is 0 Å². The Hall–Kier alpha value is -10.5. The first-order valence-corrected chi connectivity index (χ1v) is 30.5. The van der Waals surface area contributed by atoms with Crippen LogP contribution in [-0.2, 0) is 6.42 Å². The minimum atomic E-state index is -0.164. The minimum Gasteiger partial charge on any atom is -0.310 e. The molecule has 3 heteroatoms. The van der Waals surface area contributed by atoms with E-state index in [4.69, 9.17) is 0 Å². The second-order valence-electron chi connectivity index (χ2n) is 22.9. The molecule has 0 fully saturated rings. The molecule has 2 heterocycles. The lowest BCUT2D eigenvalue weighted by Gasteiger charge is -2.46. The maximum Gasteiger partial charge on any atom is 0.252 e. The summed E-state index contributed by atoms with van der Waals surface area (Å²) in [6.45, 7) is 2.15. The van der Waals surface area contributed by atoms with Gasteiger partial charge in [0.1, 0.15) is 0 Å². The highest BCUT2D eigenvalue weighted by Crippen LogP contribution is 2.55. The van der Waals surface area contributed by atoms with Crippen molar-refractivity contribution in [1.82, 2.24) is 0 Å². The summed E-state index contributed by atoms with van der Waals surface area (Å²) in [5.74, 6) is 0. The topological polar surface area (TPSA) is 6.48 Å². The first-order chi connectivity index (χ1) is 42.6. The Morgan fingerprint density at radius 1 is 0.256 bits per heavy atom. The Bertz CT molecular complexity index is 4150.